The Morgan fingerprint density at radius 1 is 1.18 bits per heavy atom. The molecule has 0 radical (unpaired) electrons. The Morgan fingerprint density at radius 2 is 1.95 bits per heavy atom. The predicted molar refractivity (Wildman–Crippen MR) is 83.4 cm³/mol. The van der Waals surface area contributed by atoms with Gasteiger partial charge in [0, 0.05) is 38.6 Å². The minimum Gasteiger partial charge on any atom is -0.337 e. The van der Waals surface area contributed by atoms with E-state index in [0.717, 1.165) is 31.8 Å². The molecule has 0 atom stereocenters. The van der Waals surface area contributed by atoms with Crippen molar-refractivity contribution >= 4 is 5.91 Å². The van der Waals surface area contributed by atoms with E-state index >= 15 is 0 Å². The highest BCUT2D eigenvalue weighted by Gasteiger charge is 2.42. The molecule has 1 aromatic heterocycles. The van der Waals surface area contributed by atoms with Crippen LogP contribution in [0.2, 0.25) is 0 Å². The minimum atomic E-state index is 0.0378. The van der Waals surface area contributed by atoms with E-state index in [1.54, 1.807) is 18.6 Å². The van der Waals surface area contributed by atoms with Gasteiger partial charge in [-0.25, -0.2) is 4.98 Å². The second-order valence-corrected chi connectivity index (χ2v) is 7.31. The maximum Gasteiger partial charge on any atom is 0.274 e. The monoisotopic (exact) mass is 300 g/mol. The molecule has 118 valence electrons. The molecular formula is C17H24N4O. The molecule has 0 bridgehead atoms. The van der Waals surface area contributed by atoms with Gasteiger partial charge in [0.25, 0.3) is 5.91 Å². The van der Waals surface area contributed by atoms with Crippen molar-refractivity contribution < 1.29 is 4.79 Å². The highest BCUT2D eigenvalue weighted by Crippen LogP contribution is 2.42. The van der Waals surface area contributed by atoms with E-state index in [1.807, 2.05) is 4.90 Å². The number of hydrogen-bond acceptors (Lipinski definition) is 4. The number of carbonyl (C=O) groups excluding carboxylic acids is 1. The SMILES string of the molecule is O=C(c1cnccn1)N1CCC2(CCN(CC3CC3)C2)CC1. The van der Waals surface area contributed by atoms with Gasteiger partial charge in [-0.3, -0.25) is 9.78 Å². The zero-order valence-electron chi connectivity index (χ0n) is 13.1. The number of aromatic nitrogens is 2. The summed E-state index contributed by atoms with van der Waals surface area (Å²) >= 11 is 0. The number of amides is 1. The first kappa shape index (κ1) is 14.1. The van der Waals surface area contributed by atoms with E-state index in [9.17, 15) is 4.79 Å². The first-order valence-electron chi connectivity index (χ1n) is 8.52. The standard InChI is InChI=1S/C17H24N4O/c22-16(15-11-18-6-7-19-15)21-9-4-17(5-10-21)3-8-20(13-17)12-14-1-2-14/h6-7,11,14H,1-5,8-10,12-13H2. The zero-order valence-corrected chi connectivity index (χ0v) is 13.1. The average molecular weight is 300 g/mol. The highest BCUT2D eigenvalue weighted by molar-refractivity contribution is 5.92. The number of likely N-dealkylation sites (tertiary alicyclic amines) is 2. The third-order valence-corrected chi connectivity index (χ3v) is 5.62. The first-order valence-corrected chi connectivity index (χ1v) is 8.52. The molecule has 5 heteroatoms. The third kappa shape index (κ3) is 2.86. The van der Waals surface area contributed by atoms with E-state index in [2.05, 4.69) is 14.9 Å². The Bertz CT molecular complexity index is 535. The summed E-state index contributed by atoms with van der Waals surface area (Å²) in [5, 5.41) is 0. The number of carbonyl (C=O) groups is 1. The van der Waals surface area contributed by atoms with Gasteiger partial charge in [-0.05, 0) is 50.0 Å². The van der Waals surface area contributed by atoms with Crippen molar-refractivity contribution in [2.24, 2.45) is 11.3 Å². The van der Waals surface area contributed by atoms with E-state index in [-0.39, 0.29) is 5.91 Å². The van der Waals surface area contributed by atoms with Crippen LogP contribution >= 0.6 is 0 Å². The van der Waals surface area contributed by atoms with Crippen LogP contribution in [-0.2, 0) is 0 Å². The predicted octanol–water partition coefficient (Wildman–Crippen LogP) is 1.81. The van der Waals surface area contributed by atoms with E-state index in [1.165, 1.54) is 38.9 Å². The molecule has 2 aliphatic heterocycles. The van der Waals surface area contributed by atoms with E-state index in [0.29, 0.717) is 11.1 Å². The van der Waals surface area contributed by atoms with Gasteiger partial charge in [-0.1, -0.05) is 0 Å². The number of rotatable bonds is 3. The van der Waals surface area contributed by atoms with Crippen molar-refractivity contribution in [3.05, 3.63) is 24.3 Å². The van der Waals surface area contributed by atoms with Crippen molar-refractivity contribution in [1.29, 1.82) is 0 Å². The molecule has 0 N–H and O–H groups in total. The van der Waals surface area contributed by atoms with E-state index in [4.69, 9.17) is 0 Å². The van der Waals surface area contributed by atoms with Crippen LogP contribution in [0.3, 0.4) is 0 Å². The summed E-state index contributed by atoms with van der Waals surface area (Å²) in [4.78, 5) is 25.2. The van der Waals surface area contributed by atoms with Crippen LogP contribution in [-0.4, -0.2) is 58.4 Å². The molecule has 3 aliphatic rings. The summed E-state index contributed by atoms with van der Waals surface area (Å²) in [6.07, 6.45) is 11.2. The fraction of sp³-hybridized carbons (Fsp3) is 0.706. The van der Waals surface area contributed by atoms with Gasteiger partial charge < -0.3 is 9.80 Å². The number of hydrogen-bond donors (Lipinski definition) is 0. The van der Waals surface area contributed by atoms with Crippen molar-refractivity contribution in [3.63, 3.8) is 0 Å². The molecule has 1 saturated carbocycles. The lowest BCUT2D eigenvalue weighted by molar-refractivity contribution is 0.0582. The lowest BCUT2D eigenvalue weighted by atomic mass is 9.77. The van der Waals surface area contributed by atoms with Crippen molar-refractivity contribution in [3.8, 4) is 0 Å². The molecule has 1 spiro atoms. The Hall–Kier alpha value is -1.49. The molecule has 0 aromatic carbocycles. The lowest BCUT2D eigenvalue weighted by Gasteiger charge is -2.39. The average Bonchev–Trinajstić information content (AvgIpc) is 3.30. The number of nitrogens with zero attached hydrogens (tertiary/aromatic N) is 4. The maximum atomic E-state index is 12.4. The third-order valence-electron chi connectivity index (χ3n) is 5.62. The van der Waals surface area contributed by atoms with Crippen LogP contribution in [0.25, 0.3) is 0 Å². The Balaban J connectivity index is 1.33. The zero-order chi connectivity index (χ0) is 15.0. The summed E-state index contributed by atoms with van der Waals surface area (Å²) in [6, 6.07) is 0. The van der Waals surface area contributed by atoms with Crippen LogP contribution in [0.1, 0.15) is 42.6 Å². The first-order chi connectivity index (χ1) is 10.7. The normalized spacial score (nSPS) is 24.8. The molecular weight excluding hydrogens is 276 g/mol. The molecule has 5 nitrogen and oxygen atoms in total. The summed E-state index contributed by atoms with van der Waals surface area (Å²) in [6.45, 7) is 5.55. The molecule has 1 aliphatic carbocycles. The number of piperidine rings is 1. The lowest BCUT2D eigenvalue weighted by Crippen LogP contribution is -2.44. The summed E-state index contributed by atoms with van der Waals surface area (Å²) < 4.78 is 0. The van der Waals surface area contributed by atoms with Crippen LogP contribution in [0.5, 0.6) is 0 Å². The van der Waals surface area contributed by atoms with Gasteiger partial charge in [0.1, 0.15) is 5.69 Å². The summed E-state index contributed by atoms with van der Waals surface area (Å²) in [5.74, 6) is 1.02. The van der Waals surface area contributed by atoms with Gasteiger partial charge >= 0.3 is 0 Å². The summed E-state index contributed by atoms with van der Waals surface area (Å²) in [7, 11) is 0. The fourth-order valence-electron chi connectivity index (χ4n) is 4.01. The summed E-state index contributed by atoms with van der Waals surface area (Å²) in [5.41, 5.74) is 0.939. The van der Waals surface area contributed by atoms with E-state index < -0.39 is 0 Å². The topological polar surface area (TPSA) is 49.3 Å². The molecule has 4 rings (SSSR count). The van der Waals surface area contributed by atoms with Crippen LogP contribution < -0.4 is 0 Å². The molecule has 22 heavy (non-hydrogen) atoms. The van der Waals surface area contributed by atoms with Crippen LogP contribution in [0.15, 0.2) is 18.6 Å². The Kier molecular flexibility index (Phi) is 3.60. The quantitative estimate of drug-likeness (QED) is 0.854. The van der Waals surface area contributed by atoms with Crippen LogP contribution in [0, 0.1) is 11.3 Å². The van der Waals surface area contributed by atoms with Gasteiger partial charge in [-0.15, -0.1) is 0 Å². The van der Waals surface area contributed by atoms with Gasteiger partial charge in [0.2, 0.25) is 0 Å². The highest BCUT2D eigenvalue weighted by atomic mass is 16.2. The molecule has 3 fully saturated rings. The Morgan fingerprint density at radius 3 is 2.64 bits per heavy atom. The van der Waals surface area contributed by atoms with Crippen molar-refractivity contribution in [2.45, 2.75) is 32.1 Å². The second-order valence-electron chi connectivity index (χ2n) is 7.31. The maximum absolute atomic E-state index is 12.4. The molecule has 1 aromatic rings. The van der Waals surface area contributed by atoms with Gasteiger partial charge in [0.05, 0.1) is 6.20 Å². The van der Waals surface area contributed by atoms with Crippen molar-refractivity contribution in [2.75, 3.05) is 32.7 Å². The molecule has 3 heterocycles. The molecule has 1 amide bonds. The second kappa shape index (κ2) is 5.61. The minimum absolute atomic E-state index is 0.0378. The smallest absolute Gasteiger partial charge is 0.274 e. The fourth-order valence-corrected chi connectivity index (χ4v) is 4.01. The Labute approximate surface area is 131 Å². The van der Waals surface area contributed by atoms with Gasteiger partial charge in [-0.2, -0.15) is 0 Å². The largest absolute Gasteiger partial charge is 0.337 e. The van der Waals surface area contributed by atoms with Crippen molar-refractivity contribution in [1.82, 2.24) is 19.8 Å². The molecule has 2 saturated heterocycles. The molecule has 0 unspecified atom stereocenters. The van der Waals surface area contributed by atoms with Crippen LogP contribution in [0.4, 0.5) is 0 Å². The van der Waals surface area contributed by atoms with Gasteiger partial charge in [0.15, 0.2) is 0 Å².